The van der Waals surface area contributed by atoms with Gasteiger partial charge in [-0.1, -0.05) is 83.2 Å². The van der Waals surface area contributed by atoms with Crippen LogP contribution in [0.15, 0.2) is 72.8 Å². The Bertz CT molecular complexity index is 4600. The first-order valence-corrected chi connectivity index (χ1v) is 41.9. The first-order valence-electron chi connectivity index (χ1n) is 36.7. The molecule has 0 aliphatic rings. The van der Waals surface area contributed by atoms with Crippen molar-refractivity contribution in [2.45, 2.75) is 290 Å². The van der Waals surface area contributed by atoms with E-state index in [4.69, 9.17) is 0 Å². The van der Waals surface area contributed by atoms with Gasteiger partial charge in [0.25, 0.3) is 0 Å². The second-order valence-electron chi connectivity index (χ2n) is 32.0. The van der Waals surface area contributed by atoms with Crippen LogP contribution in [0.3, 0.4) is 0 Å². The highest BCUT2D eigenvalue weighted by atomic mass is 28.3. The van der Waals surface area contributed by atoms with Gasteiger partial charge in [0.05, 0.1) is 16.1 Å². The van der Waals surface area contributed by atoms with E-state index in [1.54, 1.807) is 0 Å². The fourth-order valence-corrected chi connectivity index (χ4v) is 23.2. The third kappa shape index (κ3) is 19.5. The Hall–Kier alpha value is -7.63. The summed E-state index contributed by atoms with van der Waals surface area (Å²) >= 11 is 0. The molecule has 0 amide bonds. The third-order valence-corrected chi connectivity index (χ3v) is 33.1. The standard InChI is InChI=1S/C68H36F78Si2/c69-33(70,39(81,82)45(93,94)51(105,106)57(117,118)63(129,130)131)11-17-147(18-12-34(71,72)40(83,84)46(95,96)52(107,108)58(119,120)64(132,133)134,19-13-35(73,74)41(85,86)47(97,98)53(109,110)59(121,122)65(135,136)137)27-7-9-29-25(23-27)3-1-5-31(29)32-6-2-4-26-24-28(8-10-30(26)32)148(20-14-36(75,76)42(87,88)48(99,100)54(111,112)60(123,124)66(138,139)140,21-15-37(77,78)43(89,90)49(101,102)55(113,114)61(125,126)67(141,142)143)22-16-38(79,80)44(91,92)50(103,104)56(115,116)62(127,128)68(144,145)146/h1-10,23-24H,11-22H2. The van der Waals surface area contributed by atoms with Crippen LogP contribution in [-0.2, 0) is 0 Å². The van der Waals surface area contributed by atoms with Crippen molar-refractivity contribution in [1.82, 2.24) is 0 Å². The minimum atomic E-state index is -9.39. The Morgan fingerprint density at radius 3 is 0.378 bits per heavy atom. The second kappa shape index (κ2) is 37.1. The summed E-state index contributed by atoms with van der Waals surface area (Å²) in [6.07, 6.45) is -79.2. The Morgan fingerprint density at radius 1 is 0.135 bits per heavy atom. The second-order valence-corrected chi connectivity index (χ2v) is 41.3. The van der Waals surface area contributed by atoms with Crippen LogP contribution in [0.25, 0.3) is 32.7 Å². The average molecular weight is 2390 g/mol. The van der Waals surface area contributed by atoms with Gasteiger partial charge in [-0.2, -0.15) is 342 Å². The summed E-state index contributed by atoms with van der Waals surface area (Å²) in [5.41, 5.74) is -3.00. The minimum Gasteiger partial charge on any atom is -0.200 e. The van der Waals surface area contributed by atoms with Crippen LogP contribution in [0.5, 0.6) is 0 Å². The van der Waals surface area contributed by atoms with Gasteiger partial charge in [0.2, 0.25) is 0 Å². The van der Waals surface area contributed by atoms with E-state index in [2.05, 4.69) is 0 Å². The summed E-state index contributed by atoms with van der Waals surface area (Å²) in [4.78, 5) is 0. The van der Waals surface area contributed by atoms with Crippen molar-refractivity contribution in [2.24, 2.45) is 0 Å². The molecule has 0 aliphatic carbocycles. The maximum Gasteiger partial charge on any atom is 0.460 e. The van der Waals surface area contributed by atoms with E-state index in [-0.39, 0.29) is 36.4 Å². The first-order chi connectivity index (χ1) is 63.9. The van der Waals surface area contributed by atoms with Gasteiger partial charge in [0.1, 0.15) is 0 Å². The van der Waals surface area contributed by atoms with Crippen LogP contribution >= 0.6 is 0 Å². The summed E-state index contributed by atoms with van der Waals surface area (Å²) < 4.78 is 1140. The van der Waals surface area contributed by atoms with E-state index in [1.807, 2.05) is 0 Å². The van der Waals surface area contributed by atoms with Gasteiger partial charge in [0, 0.05) is 38.5 Å². The van der Waals surface area contributed by atoms with Crippen LogP contribution < -0.4 is 10.4 Å². The van der Waals surface area contributed by atoms with Crippen molar-refractivity contribution in [3.63, 3.8) is 0 Å². The molecule has 0 fully saturated rings. The molecule has 0 nitrogen and oxygen atoms in total. The monoisotopic (exact) mass is 2390 g/mol. The number of halogens is 78. The van der Waals surface area contributed by atoms with E-state index in [1.165, 1.54) is 0 Å². The highest BCUT2D eigenvalue weighted by molar-refractivity contribution is 6.92. The third-order valence-electron chi connectivity index (χ3n) is 22.8. The molecule has 80 heteroatoms. The fourth-order valence-electron chi connectivity index (χ4n) is 13.4. The van der Waals surface area contributed by atoms with Gasteiger partial charge in [-0.15, -0.1) is 0 Å². The molecular weight excluding hydrogens is 2350 g/mol. The Morgan fingerprint density at radius 2 is 0.257 bits per heavy atom. The maximum absolute atomic E-state index is 16.0. The zero-order chi connectivity index (χ0) is 119. The minimum absolute atomic E-state index is 0.0658. The van der Waals surface area contributed by atoms with Crippen molar-refractivity contribution >= 4 is 48.1 Å². The molecule has 4 aromatic rings. The summed E-state index contributed by atoms with van der Waals surface area (Å²) in [7, 11) is -16.3. The number of alkyl halides is 78. The Labute approximate surface area is 763 Å². The largest absolute Gasteiger partial charge is 0.460 e. The van der Waals surface area contributed by atoms with Crippen LogP contribution in [-0.4, -0.2) is 231 Å². The molecule has 0 spiro atoms. The van der Waals surface area contributed by atoms with E-state index in [0.717, 1.165) is 0 Å². The predicted octanol–water partition coefficient (Wildman–Crippen LogP) is 33.7. The molecule has 4 aromatic carbocycles. The van der Waals surface area contributed by atoms with Gasteiger partial charge in [-0.3, -0.25) is 0 Å². The number of benzene rings is 4. The molecular formula is C68H36F78Si2. The van der Waals surface area contributed by atoms with Crippen molar-refractivity contribution in [2.75, 3.05) is 0 Å². The summed E-state index contributed by atoms with van der Waals surface area (Å²) in [5.74, 6) is -271. The molecule has 148 heavy (non-hydrogen) atoms. The van der Waals surface area contributed by atoms with Crippen molar-refractivity contribution < 1.29 is 342 Å². The summed E-state index contributed by atoms with van der Waals surface area (Å²) in [6, 6.07) is -28.4. The van der Waals surface area contributed by atoms with E-state index in [9.17, 15) is 184 Å². The van der Waals surface area contributed by atoms with Crippen LogP contribution in [0, 0.1) is 0 Å². The van der Waals surface area contributed by atoms with Crippen molar-refractivity contribution in [3.8, 4) is 11.1 Å². The summed E-state index contributed by atoms with van der Waals surface area (Å²) in [5, 5.41) is -12.1. The molecule has 0 saturated carbocycles. The molecule has 0 N–H and O–H groups in total. The highest BCUT2D eigenvalue weighted by Gasteiger charge is 2.98. The predicted molar refractivity (Wildman–Crippen MR) is 339 cm³/mol. The molecule has 0 unspecified atom stereocenters. The smallest absolute Gasteiger partial charge is 0.200 e. The van der Waals surface area contributed by atoms with Gasteiger partial charge in [-0.25, -0.2) is 0 Å². The lowest BCUT2D eigenvalue weighted by atomic mass is 9.93. The molecule has 0 bridgehead atoms. The lowest BCUT2D eigenvalue weighted by Crippen LogP contribution is -2.70. The number of hydrogen-bond acceptors (Lipinski definition) is 0. The quantitative estimate of drug-likeness (QED) is 0.0306. The number of hydrogen-bond donors (Lipinski definition) is 0. The van der Waals surface area contributed by atoms with Crippen molar-refractivity contribution in [1.29, 1.82) is 0 Å². The van der Waals surface area contributed by atoms with Crippen LogP contribution in [0.4, 0.5) is 342 Å². The molecule has 0 saturated heterocycles. The lowest BCUT2D eigenvalue weighted by Gasteiger charge is -2.43. The van der Waals surface area contributed by atoms with Crippen molar-refractivity contribution in [3.05, 3.63) is 72.8 Å². The molecule has 0 aromatic heterocycles. The molecule has 862 valence electrons. The van der Waals surface area contributed by atoms with Crippen LogP contribution in [0.1, 0.15) is 38.5 Å². The van der Waals surface area contributed by atoms with Gasteiger partial charge in [-0.05, 0) is 68.9 Å². The van der Waals surface area contributed by atoms with Gasteiger partial charge in [0.15, 0.2) is 0 Å². The van der Waals surface area contributed by atoms with Gasteiger partial charge < -0.3 is 0 Å². The van der Waals surface area contributed by atoms with Crippen LogP contribution in [0.2, 0.25) is 36.3 Å². The molecule has 0 heterocycles. The SMILES string of the molecule is FC(F)(F)C(F)(F)C(F)(F)C(F)(F)C(F)(F)C(F)(F)CC[Si](CCC(F)(F)C(F)(F)C(F)(F)C(F)(F)C(F)(F)C(F)(F)F)(CCC(F)(F)C(F)(F)C(F)(F)C(F)(F)C(F)(F)C(F)(F)F)c1ccc2c(-c3cccc4cc([Si](CCC(F)(F)C(F)(F)C(F)(F)C(F)(F)C(F)(F)C(F)(F)F)(CCC(F)(F)C(F)(F)C(F)(F)C(F)(F)C(F)(F)C(F)(F)F)CCC(F)(F)C(F)(F)C(F)(F)C(F)(F)C(F)(F)C(F)(F)F)ccc34)cccc2c1. The fraction of sp³-hybridized carbons (Fsp3) is 0.706. The maximum atomic E-state index is 16.0. The number of rotatable bonds is 45. The Kier molecular flexibility index (Phi) is 33.2. The topological polar surface area (TPSA) is 0 Å². The normalized spacial score (nSPS) is 16.5. The molecule has 0 atom stereocenters. The van der Waals surface area contributed by atoms with E-state index < -0.39 is 385 Å². The lowest BCUT2D eigenvalue weighted by molar-refractivity contribution is -0.440. The summed E-state index contributed by atoms with van der Waals surface area (Å²) in [6.45, 7) is 0. The van der Waals surface area contributed by atoms with E-state index in [0.29, 0.717) is 0 Å². The molecule has 4 rings (SSSR count). The zero-order valence-electron chi connectivity index (χ0n) is 67.9. The highest BCUT2D eigenvalue weighted by Crippen LogP contribution is 2.71. The Balaban J connectivity index is 2.52. The molecule has 0 radical (unpaired) electrons. The average Bonchev–Trinajstić information content (AvgIpc) is 0.710. The first kappa shape index (κ1) is 133. The molecule has 0 aliphatic heterocycles. The van der Waals surface area contributed by atoms with Gasteiger partial charge >= 0.3 is 215 Å². The zero-order valence-corrected chi connectivity index (χ0v) is 69.9. The number of fused-ring (bicyclic) bond motifs is 2. The van der Waals surface area contributed by atoms with E-state index >= 15 is 158 Å².